The van der Waals surface area contributed by atoms with Gasteiger partial charge < -0.3 is 16.0 Å². The normalized spacial score (nSPS) is 11.5. The minimum absolute atomic E-state index is 0.601. The molecule has 0 saturated carbocycles. The highest BCUT2D eigenvalue weighted by Crippen LogP contribution is 2.42. The van der Waals surface area contributed by atoms with Gasteiger partial charge in [0.2, 0.25) is 0 Å². The Kier molecular flexibility index (Phi) is 8.01. The molecule has 0 aliphatic rings. The molecule has 2 aromatic heterocycles. The summed E-state index contributed by atoms with van der Waals surface area (Å²) in [6.45, 7) is 0. The first kappa shape index (κ1) is 34.2. The molecule has 0 unspecified atom stereocenters. The molecular weight excluding hydrogens is 721 g/mol. The van der Waals surface area contributed by atoms with Crippen molar-refractivity contribution in [3.63, 3.8) is 0 Å². The van der Waals surface area contributed by atoms with E-state index in [0.29, 0.717) is 28.8 Å². The second-order valence-electron chi connectivity index (χ2n) is 14.9. The molecule has 4 N–H and O–H groups in total. The Balaban J connectivity index is 1.03. The maximum Gasteiger partial charge on any atom is 0.164 e. The number of hydrogen-bond donors (Lipinski definition) is 2. The number of hydrogen-bond acceptors (Lipinski definition) is 5. The molecule has 9 aromatic carbocycles. The molecule has 0 radical (unpaired) electrons. The van der Waals surface area contributed by atoms with E-state index in [1.165, 1.54) is 5.39 Å². The second kappa shape index (κ2) is 13.8. The van der Waals surface area contributed by atoms with Crippen molar-refractivity contribution < 1.29 is 0 Å². The first-order chi connectivity index (χ1) is 29.1. The van der Waals surface area contributed by atoms with Crippen LogP contribution >= 0.6 is 0 Å². The van der Waals surface area contributed by atoms with E-state index >= 15 is 0 Å². The highest BCUT2D eigenvalue weighted by molar-refractivity contribution is 6.24. The SMILES string of the molecule is Nc1c(N)c2cc3c(cc2c2ccccc12)c1ccccc1n3-c1cccc(-c2cccc(-c3nc(-c4ccccc4)nc(-c4ccc(-c5ccccc5)cc4)n3)c2)c1. The van der Waals surface area contributed by atoms with Crippen LogP contribution in [-0.2, 0) is 0 Å². The molecule has 11 rings (SSSR count). The predicted molar refractivity (Wildman–Crippen MR) is 245 cm³/mol. The minimum Gasteiger partial charge on any atom is -0.397 e. The number of rotatable bonds is 6. The monoisotopic (exact) mass is 756 g/mol. The Hall–Kier alpha value is -8.09. The van der Waals surface area contributed by atoms with Gasteiger partial charge in [0, 0.05) is 43.9 Å². The molecule has 278 valence electrons. The third-order valence-electron chi connectivity index (χ3n) is 11.4. The Labute approximate surface area is 340 Å². The van der Waals surface area contributed by atoms with Crippen LogP contribution in [0.5, 0.6) is 0 Å². The second-order valence-corrected chi connectivity index (χ2v) is 14.9. The van der Waals surface area contributed by atoms with Crippen LogP contribution in [0.3, 0.4) is 0 Å². The van der Waals surface area contributed by atoms with Crippen LogP contribution in [0, 0.1) is 0 Å². The number of para-hydroxylation sites is 1. The van der Waals surface area contributed by atoms with Crippen LogP contribution in [0.2, 0.25) is 0 Å². The van der Waals surface area contributed by atoms with Gasteiger partial charge in [-0.05, 0) is 69.4 Å². The number of anilines is 2. The quantitative estimate of drug-likeness (QED) is 0.100. The van der Waals surface area contributed by atoms with Crippen molar-refractivity contribution in [2.45, 2.75) is 0 Å². The lowest BCUT2D eigenvalue weighted by Gasteiger charge is -2.14. The molecule has 0 bridgehead atoms. The zero-order valence-electron chi connectivity index (χ0n) is 31.9. The number of nitrogen functional groups attached to an aromatic ring is 2. The van der Waals surface area contributed by atoms with Crippen LogP contribution in [0.1, 0.15) is 0 Å². The van der Waals surface area contributed by atoms with E-state index in [0.717, 1.165) is 82.6 Å². The average molecular weight is 757 g/mol. The minimum atomic E-state index is 0.601. The smallest absolute Gasteiger partial charge is 0.164 e. The maximum absolute atomic E-state index is 6.78. The first-order valence-electron chi connectivity index (χ1n) is 19.7. The lowest BCUT2D eigenvalue weighted by Crippen LogP contribution is -2.00. The molecule has 0 amide bonds. The van der Waals surface area contributed by atoms with Crippen molar-refractivity contribution in [3.05, 3.63) is 194 Å². The first-order valence-corrected chi connectivity index (χ1v) is 19.7. The topological polar surface area (TPSA) is 95.6 Å². The number of fused-ring (bicyclic) bond motifs is 6. The van der Waals surface area contributed by atoms with E-state index in [2.05, 4.69) is 150 Å². The van der Waals surface area contributed by atoms with E-state index in [1.807, 2.05) is 48.5 Å². The zero-order chi connectivity index (χ0) is 39.5. The molecule has 0 fully saturated rings. The summed E-state index contributed by atoms with van der Waals surface area (Å²) in [5, 5.41) is 6.43. The largest absolute Gasteiger partial charge is 0.397 e. The molecule has 6 nitrogen and oxygen atoms in total. The van der Waals surface area contributed by atoms with Crippen molar-refractivity contribution in [2.75, 3.05) is 11.5 Å². The third-order valence-corrected chi connectivity index (χ3v) is 11.4. The zero-order valence-corrected chi connectivity index (χ0v) is 31.9. The lowest BCUT2D eigenvalue weighted by atomic mass is 9.96. The summed E-state index contributed by atoms with van der Waals surface area (Å²) in [4.78, 5) is 15.1. The fraction of sp³-hybridized carbons (Fsp3) is 0. The molecule has 11 aromatic rings. The van der Waals surface area contributed by atoms with Crippen LogP contribution in [-0.4, -0.2) is 19.5 Å². The number of nitrogens with zero attached hydrogens (tertiary/aromatic N) is 4. The fourth-order valence-electron chi connectivity index (χ4n) is 8.44. The van der Waals surface area contributed by atoms with Gasteiger partial charge in [-0.2, -0.15) is 0 Å². The maximum atomic E-state index is 6.78. The average Bonchev–Trinajstić information content (AvgIpc) is 3.64. The van der Waals surface area contributed by atoms with Gasteiger partial charge in [0.15, 0.2) is 17.5 Å². The van der Waals surface area contributed by atoms with Crippen LogP contribution in [0.25, 0.3) is 105 Å². The molecule has 6 heteroatoms. The van der Waals surface area contributed by atoms with Crippen molar-refractivity contribution in [2.24, 2.45) is 0 Å². The summed E-state index contributed by atoms with van der Waals surface area (Å²) in [5.74, 6) is 1.85. The lowest BCUT2D eigenvalue weighted by molar-refractivity contribution is 1.07. The van der Waals surface area contributed by atoms with Gasteiger partial charge in [-0.1, -0.05) is 158 Å². The highest BCUT2D eigenvalue weighted by atomic mass is 15.0. The van der Waals surface area contributed by atoms with E-state index < -0.39 is 0 Å². The summed E-state index contributed by atoms with van der Waals surface area (Å²) in [5.41, 5.74) is 25.0. The van der Waals surface area contributed by atoms with Crippen molar-refractivity contribution in [3.8, 4) is 62.1 Å². The predicted octanol–water partition coefficient (Wildman–Crippen LogP) is 12.8. The fourth-order valence-corrected chi connectivity index (χ4v) is 8.44. The molecule has 0 aliphatic carbocycles. The third kappa shape index (κ3) is 5.85. The van der Waals surface area contributed by atoms with Crippen LogP contribution < -0.4 is 11.5 Å². The number of aromatic nitrogens is 4. The summed E-state index contributed by atoms with van der Waals surface area (Å²) in [6.07, 6.45) is 0. The van der Waals surface area contributed by atoms with E-state index in [-0.39, 0.29) is 0 Å². The van der Waals surface area contributed by atoms with Gasteiger partial charge in [-0.15, -0.1) is 0 Å². The van der Waals surface area contributed by atoms with E-state index in [4.69, 9.17) is 26.4 Å². The van der Waals surface area contributed by atoms with Gasteiger partial charge in [0.25, 0.3) is 0 Å². The number of benzene rings is 9. The Morgan fingerprint density at radius 1 is 0.288 bits per heavy atom. The van der Waals surface area contributed by atoms with Gasteiger partial charge in [-0.25, -0.2) is 15.0 Å². The highest BCUT2D eigenvalue weighted by Gasteiger charge is 2.18. The van der Waals surface area contributed by atoms with Gasteiger partial charge >= 0.3 is 0 Å². The molecule has 0 atom stereocenters. The van der Waals surface area contributed by atoms with E-state index in [9.17, 15) is 0 Å². The van der Waals surface area contributed by atoms with Crippen molar-refractivity contribution in [1.29, 1.82) is 0 Å². The number of nitrogens with two attached hydrogens (primary N) is 2. The van der Waals surface area contributed by atoms with Crippen LogP contribution in [0.4, 0.5) is 11.4 Å². The standard InChI is InChI=1S/C53H36N6/c54-49-43-23-8-7-21-41(43)44-31-45-42-22-9-10-24-47(42)59(48(45)32-46(44)50(49)55)40-20-12-18-38(30-40)37-17-11-19-39(29-37)53-57-51(35-15-5-2-6-16-35)56-52(58-53)36-27-25-34(26-28-36)33-13-3-1-4-14-33/h1-32H,54-55H2. The van der Waals surface area contributed by atoms with Crippen LogP contribution in [0.15, 0.2) is 194 Å². The van der Waals surface area contributed by atoms with Crippen molar-refractivity contribution in [1.82, 2.24) is 19.5 Å². The summed E-state index contributed by atoms with van der Waals surface area (Å²) >= 11 is 0. The summed E-state index contributed by atoms with van der Waals surface area (Å²) < 4.78 is 2.33. The summed E-state index contributed by atoms with van der Waals surface area (Å²) in [7, 11) is 0. The van der Waals surface area contributed by atoms with Gasteiger partial charge in [0.05, 0.1) is 22.4 Å². The Bertz CT molecular complexity index is 3390. The van der Waals surface area contributed by atoms with Gasteiger partial charge in [-0.3, -0.25) is 0 Å². The Morgan fingerprint density at radius 2 is 0.780 bits per heavy atom. The van der Waals surface area contributed by atoms with Gasteiger partial charge in [0.1, 0.15) is 0 Å². The Morgan fingerprint density at radius 3 is 1.51 bits per heavy atom. The van der Waals surface area contributed by atoms with E-state index in [1.54, 1.807) is 0 Å². The molecule has 59 heavy (non-hydrogen) atoms. The molecule has 0 saturated heterocycles. The molecule has 0 aliphatic heterocycles. The molecule has 2 heterocycles. The van der Waals surface area contributed by atoms with Crippen molar-refractivity contribution >= 4 is 54.7 Å². The summed E-state index contributed by atoms with van der Waals surface area (Å²) in [6, 6.07) is 67.3. The molecular formula is C53H36N6. The molecule has 0 spiro atoms.